The minimum atomic E-state index is -0.125. The molecule has 0 bridgehead atoms. The normalized spacial score (nSPS) is 10.7. The summed E-state index contributed by atoms with van der Waals surface area (Å²) in [6.07, 6.45) is 1.63. The summed E-state index contributed by atoms with van der Waals surface area (Å²) in [6, 6.07) is 11.7. The SMILES string of the molecule is CNc1snc(C)c1C(=O)NCc1cccc(COCc2ccco2)c1. The van der Waals surface area contributed by atoms with Crippen molar-refractivity contribution in [3.05, 3.63) is 70.8 Å². The Morgan fingerprint density at radius 1 is 1.23 bits per heavy atom. The number of furan rings is 1. The van der Waals surface area contributed by atoms with Crippen molar-refractivity contribution in [2.45, 2.75) is 26.7 Å². The van der Waals surface area contributed by atoms with Gasteiger partial charge in [0.25, 0.3) is 5.91 Å². The van der Waals surface area contributed by atoms with E-state index in [-0.39, 0.29) is 5.91 Å². The first-order chi connectivity index (χ1) is 12.7. The zero-order valence-corrected chi connectivity index (χ0v) is 15.6. The molecule has 0 aliphatic rings. The molecule has 0 atom stereocenters. The third-order valence-corrected chi connectivity index (χ3v) is 4.81. The van der Waals surface area contributed by atoms with E-state index in [1.165, 1.54) is 11.5 Å². The molecule has 3 aromatic rings. The van der Waals surface area contributed by atoms with Gasteiger partial charge in [0.2, 0.25) is 0 Å². The number of hydrogen-bond acceptors (Lipinski definition) is 6. The number of ether oxygens (including phenoxy) is 1. The molecule has 1 aromatic carbocycles. The van der Waals surface area contributed by atoms with Crippen LogP contribution in [0.1, 0.15) is 32.9 Å². The van der Waals surface area contributed by atoms with E-state index in [0.29, 0.717) is 25.3 Å². The van der Waals surface area contributed by atoms with E-state index in [9.17, 15) is 4.79 Å². The number of benzene rings is 1. The minimum Gasteiger partial charge on any atom is -0.467 e. The Morgan fingerprint density at radius 3 is 2.85 bits per heavy atom. The number of aromatic nitrogens is 1. The fraction of sp³-hybridized carbons (Fsp3) is 0.263. The fourth-order valence-corrected chi connectivity index (χ4v) is 3.31. The van der Waals surface area contributed by atoms with Gasteiger partial charge < -0.3 is 19.8 Å². The van der Waals surface area contributed by atoms with Gasteiger partial charge in [-0.3, -0.25) is 4.79 Å². The molecule has 0 saturated heterocycles. The van der Waals surface area contributed by atoms with E-state index in [1.807, 2.05) is 43.3 Å². The summed E-state index contributed by atoms with van der Waals surface area (Å²) in [5.41, 5.74) is 3.41. The van der Waals surface area contributed by atoms with Gasteiger partial charge in [-0.05, 0) is 41.7 Å². The summed E-state index contributed by atoms with van der Waals surface area (Å²) in [5, 5.41) is 6.74. The van der Waals surface area contributed by atoms with E-state index in [1.54, 1.807) is 13.3 Å². The summed E-state index contributed by atoms with van der Waals surface area (Å²) in [7, 11) is 1.79. The van der Waals surface area contributed by atoms with E-state index in [4.69, 9.17) is 9.15 Å². The van der Waals surface area contributed by atoms with Crippen LogP contribution in [0.25, 0.3) is 0 Å². The molecule has 6 nitrogen and oxygen atoms in total. The Hall–Kier alpha value is -2.64. The van der Waals surface area contributed by atoms with Gasteiger partial charge in [-0.1, -0.05) is 24.3 Å². The maximum atomic E-state index is 12.4. The zero-order valence-electron chi connectivity index (χ0n) is 14.7. The fourth-order valence-electron chi connectivity index (χ4n) is 2.57. The van der Waals surface area contributed by atoms with Gasteiger partial charge in [0, 0.05) is 13.6 Å². The number of amides is 1. The second-order valence-electron chi connectivity index (χ2n) is 5.80. The topological polar surface area (TPSA) is 76.4 Å². The molecule has 0 unspecified atom stereocenters. The molecule has 2 heterocycles. The van der Waals surface area contributed by atoms with Crippen LogP contribution >= 0.6 is 11.5 Å². The first-order valence-electron chi connectivity index (χ1n) is 8.27. The highest BCUT2D eigenvalue weighted by Crippen LogP contribution is 2.23. The molecular formula is C19H21N3O3S. The number of aryl methyl sites for hydroxylation is 1. The number of anilines is 1. The lowest BCUT2D eigenvalue weighted by molar-refractivity contribution is 0.0928. The highest BCUT2D eigenvalue weighted by atomic mass is 32.1. The standard InChI is InChI=1S/C19H21N3O3S/c1-13-17(19(20-2)26-22-13)18(23)21-10-14-5-3-6-15(9-14)11-24-12-16-7-4-8-25-16/h3-9,20H,10-12H2,1-2H3,(H,21,23). The third-order valence-electron chi connectivity index (χ3n) is 3.85. The van der Waals surface area contributed by atoms with Gasteiger partial charge in [0.05, 0.1) is 24.1 Å². The van der Waals surface area contributed by atoms with Gasteiger partial charge in [-0.2, -0.15) is 4.37 Å². The van der Waals surface area contributed by atoms with Crippen molar-refractivity contribution in [2.75, 3.05) is 12.4 Å². The lowest BCUT2D eigenvalue weighted by atomic mass is 10.1. The van der Waals surface area contributed by atoms with Crippen LogP contribution < -0.4 is 10.6 Å². The van der Waals surface area contributed by atoms with E-state index >= 15 is 0 Å². The average molecular weight is 371 g/mol. The maximum Gasteiger partial charge on any atom is 0.256 e. The Kier molecular flexibility index (Phi) is 6.04. The number of rotatable bonds is 8. The third kappa shape index (κ3) is 4.50. The van der Waals surface area contributed by atoms with Crippen LogP contribution in [0.2, 0.25) is 0 Å². The number of carbonyl (C=O) groups is 1. The first kappa shape index (κ1) is 18.2. The van der Waals surface area contributed by atoms with Crippen molar-refractivity contribution in [3.63, 3.8) is 0 Å². The maximum absolute atomic E-state index is 12.4. The second kappa shape index (κ2) is 8.64. The number of carbonyl (C=O) groups excluding carboxylic acids is 1. The van der Waals surface area contributed by atoms with Crippen LogP contribution in [0, 0.1) is 6.92 Å². The van der Waals surface area contributed by atoms with E-state index in [2.05, 4.69) is 15.0 Å². The molecule has 0 aliphatic carbocycles. The van der Waals surface area contributed by atoms with Crippen LogP contribution in [-0.2, 0) is 24.5 Å². The zero-order chi connectivity index (χ0) is 18.4. The summed E-state index contributed by atoms with van der Waals surface area (Å²) >= 11 is 1.29. The number of nitrogens with zero attached hydrogens (tertiary/aromatic N) is 1. The predicted octanol–water partition coefficient (Wildman–Crippen LogP) is 3.73. The second-order valence-corrected chi connectivity index (χ2v) is 6.57. The summed E-state index contributed by atoms with van der Waals surface area (Å²) in [4.78, 5) is 12.4. The summed E-state index contributed by atoms with van der Waals surface area (Å²) in [6.45, 7) is 3.21. The quantitative estimate of drug-likeness (QED) is 0.631. The van der Waals surface area contributed by atoms with Gasteiger partial charge in [0.15, 0.2) is 0 Å². The van der Waals surface area contributed by atoms with Crippen LogP contribution in [0.5, 0.6) is 0 Å². The predicted molar refractivity (Wildman–Crippen MR) is 101 cm³/mol. The molecule has 0 fully saturated rings. The largest absolute Gasteiger partial charge is 0.467 e. The van der Waals surface area contributed by atoms with Crippen LogP contribution in [-0.4, -0.2) is 17.3 Å². The molecule has 0 radical (unpaired) electrons. The van der Waals surface area contributed by atoms with E-state index < -0.39 is 0 Å². The Balaban J connectivity index is 1.55. The van der Waals surface area contributed by atoms with Crippen LogP contribution in [0.3, 0.4) is 0 Å². The van der Waals surface area contributed by atoms with Gasteiger partial charge in [0.1, 0.15) is 17.4 Å². The first-order valence-corrected chi connectivity index (χ1v) is 9.05. The molecule has 3 rings (SSSR count). The van der Waals surface area contributed by atoms with Crippen molar-refractivity contribution < 1.29 is 13.9 Å². The molecule has 2 aromatic heterocycles. The molecule has 26 heavy (non-hydrogen) atoms. The Labute approximate surface area is 156 Å². The Bertz CT molecular complexity index is 859. The van der Waals surface area contributed by atoms with Gasteiger partial charge in [-0.25, -0.2) is 0 Å². The van der Waals surface area contributed by atoms with Crippen molar-refractivity contribution in [2.24, 2.45) is 0 Å². The highest BCUT2D eigenvalue weighted by Gasteiger charge is 2.17. The molecule has 2 N–H and O–H groups in total. The number of hydrogen-bond donors (Lipinski definition) is 2. The van der Waals surface area contributed by atoms with Gasteiger partial charge >= 0.3 is 0 Å². The van der Waals surface area contributed by atoms with Crippen LogP contribution in [0.4, 0.5) is 5.00 Å². The molecule has 0 spiro atoms. The molecule has 0 saturated carbocycles. The van der Waals surface area contributed by atoms with Crippen molar-refractivity contribution in [3.8, 4) is 0 Å². The molecule has 1 amide bonds. The minimum absolute atomic E-state index is 0.125. The average Bonchev–Trinajstić information content (AvgIpc) is 3.29. The molecule has 0 aliphatic heterocycles. The van der Waals surface area contributed by atoms with Crippen molar-refractivity contribution in [1.29, 1.82) is 0 Å². The number of nitrogens with one attached hydrogen (secondary N) is 2. The summed E-state index contributed by atoms with van der Waals surface area (Å²) < 4.78 is 15.1. The van der Waals surface area contributed by atoms with Crippen molar-refractivity contribution >= 4 is 22.4 Å². The lowest BCUT2D eigenvalue weighted by Crippen LogP contribution is -2.24. The van der Waals surface area contributed by atoms with Crippen molar-refractivity contribution in [1.82, 2.24) is 9.69 Å². The monoisotopic (exact) mass is 371 g/mol. The molecule has 7 heteroatoms. The Morgan fingerprint density at radius 2 is 2.08 bits per heavy atom. The van der Waals surface area contributed by atoms with E-state index in [0.717, 1.165) is 27.6 Å². The van der Waals surface area contributed by atoms with Gasteiger partial charge in [-0.15, -0.1) is 0 Å². The molecule has 136 valence electrons. The van der Waals surface area contributed by atoms with Crippen LogP contribution in [0.15, 0.2) is 47.1 Å². The lowest BCUT2D eigenvalue weighted by Gasteiger charge is -2.09. The highest BCUT2D eigenvalue weighted by molar-refractivity contribution is 7.10. The summed E-state index contributed by atoms with van der Waals surface area (Å²) in [5.74, 6) is 0.675. The smallest absolute Gasteiger partial charge is 0.256 e. The molecular weight excluding hydrogens is 350 g/mol.